The third kappa shape index (κ3) is 3.32. The molecule has 100 valence electrons. The summed E-state index contributed by atoms with van der Waals surface area (Å²) in [6, 6.07) is 12.0. The maximum absolute atomic E-state index is 5.68. The summed E-state index contributed by atoms with van der Waals surface area (Å²) >= 11 is 3.47. The SMILES string of the molecule is CN(C)c1ccc(C(NN)c2cccc(Br)c2)cn1. The number of nitrogens with one attached hydrogen (secondary N) is 1. The zero-order valence-corrected chi connectivity index (χ0v) is 12.6. The number of halogens is 1. The van der Waals surface area contributed by atoms with Gasteiger partial charge in [-0.25, -0.2) is 10.4 Å². The Morgan fingerprint density at radius 1 is 1.21 bits per heavy atom. The van der Waals surface area contributed by atoms with Crippen LogP contribution in [0.3, 0.4) is 0 Å². The van der Waals surface area contributed by atoms with E-state index in [0.717, 1.165) is 21.4 Å². The highest BCUT2D eigenvalue weighted by Crippen LogP contribution is 2.24. The van der Waals surface area contributed by atoms with Crippen LogP contribution in [-0.2, 0) is 0 Å². The number of benzene rings is 1. The lowest BCUT2D eigenvalue weighted by molar-refractivity contribution is 0.634. The van der Waals surface area contributed by atoms with Crippen molar-refractivity contribution in [2.24, 2.45) is 5.84 Å². The molecule has 0 saturated heterocycles. The molecule has 2 rings (SSSR count). The standard InChI is InChI=1S/C14H17BrN4/c1-19(2)13-7-6-11(9-17-13)14(18-16)10-4-3-5-12(15)8-10/h3-9,14,18H,16H2,1-2H3. The van der Waals surface area contributed by atoms with Gasteiger partial charge in [0.25, 0.3) is 0 Å². The highest BCUT2D eigenvalue weighted by molar-refractivity contribution is 9.10. The molecule has 1 unspecified atom stereocenters. The maximum Gasteiger partial charge on any atom is 0.127 e. The second-order valence-electron chi connectivity index (χ2n) is 4.50. The van der Waals surface area contributed by atoms with Crippen molar-refractivity contribution in [3.05, 3.63) is 58.2 Å². The Kier molecular flexibility index (Phi) is 4.52. The molecule has 0 fully saturated rings. The van der Waals surface area contributed by atoms with Gasteiger partial charge in [-0.05, 0) is 29.3 Å². The molecule has 19 heavy (non-hydrogen) atoms. The summed E-state index contributed by atoms with van der Waals surface area (Å²) in [4.78, 5) is 6.38. The highest BCUT2D eigenvalue weighted by atomic mass is 79.9. The van der Waals surface area contributed by atoms with Crippen molar-refractivity contribution in [2.75, 3.05) is 19.0 Å². The topological polar surface area (TPSA) is 54.2 Å². The van der Waals surface area contributed by atoms with E-state index in [2.05, 4.69) is 26.3 Å². The molecule has 4 nitrogen and oxygen atoms in total. The van der Waals surface area contributed by atoms with E-state index in [0.29, 0.717) is 0 Å². The fourth-order valence-electron chi connectivity index (χ4n) is 1.90. The first kappa shape index (κ1) is 14.0. The van der Waals surface area contributed by atoms with Crippen molar-refractivity contribution in [3.8, 4) is 0 Å². The highest BCUT2D eigenvalue weighted by Gasteiger charge is 2.13. The molecule has 0 bridgehead atoms. The van der Waals surface area contributed by atoms with Crippen molar-refractivity contribution < 1.29 is 0 Å². The number of nitrogens with zero attached hydrogens (tertiary/aromatic N) is 2. The molecule has 2 aromatic rings. The summed E-state index contributed by atoms with van der Waals surface area (Å²) in [5.41, 5.74) is 4.96. The van der Waals surface area contributed by atoms with Crippen LogP contribution in [-0.4, -0.2) is 19.1 Å². The number of hydrazine groups is 1. The van der Waals surface area contributed by atoms with Gasteiger partial charge in [-0.15, -0.1) is 0 Å². The molecule has 0 aliphatic heterocycles. The molecule has 0 aliphatic carbocycles. The molecule has 0 aliphatic rings. The maximum atomic E-state index is 5.68. The smallest absolute Gasteiger partial charge is 0.127 e. The number of rotatable bonds is 4. The number of hydrogen-bond donors (Lipinski definition) is 2. The van der Waals surface area contributed by atoms with Crippen LogP contribution >= 0.6 is 15.9 Å². The first-order chi connectivity index (χ1) is 9.11. The molecule has 5 heteroatoms. The minimum atomic E-state index is -0.0683. The van der Waals surface area contributed by atoms with Crippen molar-refractivity contribution in [3.63, 3.8) is 0 Å². The Morgan fingerprint density at radius 2 is 2.00 bits per heavy atom. The third-order valence-corrected chi connectivity index (χ3v) is 3.40. The summed E-state index contributed by atoms with van der Waals surface area (Å²) < 4.78 is 1.03. The second kappa shape index (κ2) is 6.14. The molecule has 1 heterocycles. The van der Waals surface area contributed by atoms with Gasteiger partial charge in [-0.1, -0.05) is 34.1 Å². The predicted molar refractivity (Wildman–Crippen MR) is 81.9 cm³/mol. The fourth-order valence-corrected chi connectivity index (χ4v) is 2.32. The monoisotopic (exact) mass is 320 g/mol. The molecule has 0 radical (unpaired) electrons. The van der Waals surface area contributed by atoms with Gasteiger partial charge in [0.15, 0.2) is 0 Å². The van der Waals surface area contributed by atoms with E-state index in [1.165, 1.54) is 0 Å². The summed E-state index contributed by atoms with van der Waals surface area (Å²) in [7, 11) is 3.93. The largest absolute Gasteiger partial charge is 0.363 e. The van der Waals surface area contributed by atoms with Crippen LogP contribution in [0.2, 0.25) is 0 Å². The molecule has 0 saturated carbocycles. The van der Waals surface area contributed by atoms with Gasteiger partial charge in [0.1, 0.15) is 5.82 Å². The van der Waals surface area contributed by atoms with Crippen LogP contribution < -0.4 is 16.2 Å². The van der Waals surface area contributed by atoms with Crippen molar-refractivity contribution in [1.29, 1.82) is 0 Å². The van der Waals surface area contributed by atoms with Gasteiger partial charge in [-0.2, -0.15) is 0 Å². The van der Waals surface area contributed by atoms with Gasteiger partial charge < -0.3 is 4.90 Å². The average Bonchev–Trinajstić information content (AvgIpc) is 2.40. The number of aromatic nitrogens is 1. The zero-order chi connectivity index (χ0) is 13.8. The van der Waals surface area contributed by atoms with Crippen LogP contribution in [0.5, 0.6) is 0 Å². The minimum Gasteiger partial charge on any atom is -0.363 e. The van der Waals surface area contributed by atoms with Crippen LogP contribution in [0.25, 0.3) is 0 Å². The van der Waals surface area contributed by atoms with Crippen molar-refractivity contribution >= 4 is 21.7 Å². The summed E-state index contributed by atoms with van der Waals surface area (Å²) in [5, 5.41) is 0. The van der Waals surface area contributed by atoms with E-state index >= 15 is 0 Å². The number of nitrogens with two attached hydrogens (primary N) is 1. The number of pyridine rings is 1. The Morgan fingerprint density at radius 3 is 2.53 bits per heavy atom. The van der Waals surface area contributed by atoms with Gasteiger partial charge in [0.05, 0.1) is 6.04 Å². The van der Waals surface area contributed by atoms with Crippen LogP contribution in [0.1, 0.15) is 17.2 Å². The molecule has 0 amide bonds. The Balaban J connectivity index is 2.31. The summed E-state index contributed by atoms with van der Waals surface area (Å²) in [5.74, 6) is 6.61. The van der Waals surface area contributed by atoms with E-state index in [4.69, 9.17) is 5.84 Å². The average molecular weight is 321 g/mol. The van der Waals surface area contributed by atoms with E-state index in [9.17, 15) is 0 Å². The predicted octanol–water partition coefficient (Wildman–Crippen LogP) is 2.46. The van der Waals surface area contributed by atoms with Crippen molar-refractivity contribution in [2.45, 2.75) is 6.04 Å². The first-order valence-electron chi connectivity index (χ1n) is 5.96. The second-order valence-corrected chi connectivity index (χ2v) is 5.41. The van der Waals surface area contributed by atoms with E-state index < -0.39 is 0 Å². The van der Waals surface area contributed by atoms with E-state index in [1.54, 1.807) is 0 Å². The Labute approximate surface area is 121 Å². The lowest BCUT2D eigenvalue weighted by Crippen LogP contribution is -2.29. The summed E-state index contributed by atoms with van der Waals surface area (Å²) in [6.45, 7) is 0. The third-order valence-electron chi connectivity index (χ3n) is 2.91. The zero-order valence-electron chi connectivity index (χ0n) is 11.0. The van der Waals surface area contributed by atoms with Gasteiger partial charge in [0, 0.05) is 24.8 Å². The Hall–Kier alpha value is -1.43. The van der Waals surface area contributed by atoms with Gasteiger partial charge in [0.2, 0.25) is 0 Å². The molecular formula is C14H17BrN4. The van der Waals surface area contributed by atoms with E-state index in [1.807, 2.05) is 61.6 Å². The molecule has 1 aromatic heterocycles. The summed E-state index contributed by atoms with van der Waals surface area (Å²) in [6.07, 6.45) is 1.85. The van der Waals surface area contributed by atoms with Crippen LogP contribution in [0.4, 0.5) is 5.82 Å². The number of hydrogen-bond acceptors (Lipinski definition) is 4. The number of anilines is 1. The quantitative estimate of drug-likeness (QED) is 0.671. The first-order valence-corrected chi connectivity index (χ1v) is 6.76. The molecular weight excluding hydrogens is 304 g/mol. The van der Waals surface area contributed by atoms with Crippen LogP contribution in [0, 0.1) is 0 Å². The Bertz CT molecular complexity index is 539. The normalized spacial score (nSPS) is 12.2. The van der Waals surface area contributed by atoms with Gasteiger partial charge >= 0.3 is 0 Å². The minimum absolute atomic E-state index is 0.0683. The van der Waals surface area contributed by atoms with Gasteiger partial charge in [-0.3, -0.25) is 5.84 Å². The van der Waals surface area contributed by atoms with Crippen LogP contribution in [0.15, 0.2) is 47.1 Å². The molecule has 1 aromatic carbocycles. The molecule has 1 atom stereocenters. The lowest BCUT2D eigenvalue weighted by Gasteiger charge is -2.18. The van der Waals surface area contributed by atoms with E-state index in [-0.39, 0.29) is 6.04 Å². The molecule has 0 spiro atoms. The van der Waals surface area contributed by atoms with Crippen molar-refractivity contribution in [1.82, 2.24) is 10.4 Å². The molecule has 3 N–H and O–H groups in total. The lowest BCUT2D eigenvalue weighted by atomic mass is 10.0. The fraction of sp³-hybridized carbons (Fsp3) is 0.214.